The van der Waals surface area contributed by atoms with Crippen molar-refractivity contribution in [3.05, 3.63) is 69.5 Å². The van der Waals surface area contributed by atoms with Crippen LogP contribution >= 0.6 is 11.6 Å². The van der Waals surface area contributed by atoms with Crippen LogP contribution in [0.5, 0.6) is 5.75 Å². The van der Waals surface area contributed by atoms with Gasteiger partial charge in [0.15, 0.2) is 0 Å². The van der Waals surface area contributed by atoms with Crippen molar-refractivity contribution in [3.63, 3.8) is 0 Å². The number of fused-ring (bicyclic) bond motifs is 2. The van der Waals surface area contributed by atoms with E-state index < -0.39 is 11.5 Å². The van der Waals surface area contributed by atoms with Gasteiger partial charge in [-0.1, -0.05) is 29.8 Å². The van der Waals surface area contributed by atoms with E-state index >= 15 is 0 Å². The van der Waals surface area contributed by atoms with Gasteiger partial charge in [-0.05, 0) is 30.3 Å². The fourth-order valence-corrected chi connectivity index (χ4v) is 2.92. The summed E-state index contributed by atoms with van der Waals surface area (Å²) in [6, 6.07) is 13.7. The monoisotopic (exact) mass is 341 g/mol. The van der Waals surface area contributed by atoms with Crippen LogP contribution in [-0.4, -0.2) is 19.1 Å². The maximum absolute atomic E-state index is 12.9. The summed E-state index contributed by atoms with van der Waals surface area (Å²) in [7, 11) is 0. The molecule has 1 aliphatic rings. The Balaban J connectivity index is 1.82. The lowest BCUT2D eigenvalue weighted by molar-refractivity contribution is 0.0973. The molecular formula is C18H12ClNO4. The second-order valence-corrected chi connectivity index (χ2v) is 5.84. The van der Waals surface area contributed by atoms with Crippen LogP contribution in [0.4, 0.5) is 5.69 Å². The molecule has 0 bridgehead atoms. The Labute approximate surface area is 142 Å². The van der Waals surface area contributed by atoms with Crippen LogP contribution in [0.25, 0.3) is 11.0 Å². The minimum Gasteiger partial charge on any atom is -0.490 e. The van der Waals surface area contributed by atoms with Gasteiger partial charge >= 0.3 is 5.63 Å². The van der Waals surface area contributed by atoms with Crippen molar-refractivity contribution in [2.45, 2.75) is 0 Å². The smallest absolute Gasteiger partial charge is 0.349 e. The number of rotatable bonds is 1. The van der Waals surface area contributed by atoms with Crippen LogP contribution in [0.1, 0.15) is 10.4 Å². The van der Waals surface area contributed by atoms with Gasteiger partial charge in [0, 0.05) is 10.4 Å². The summed E-state index contributed by atoms with van der Waals surface area (Å²) in [4.78, 5) is 26.6. The average Bonchev–Trinajstić information content (AvgIpc) is 2.60. The Morgan fingerprint density at radius 3 is 2.83 bits per heavy atom. The van der Waals surface area contributed by atoms with Crippen LogP contribution in [0.15, 0.2) is 57.7 Å². The van der Waals surface area contributed by atoms with Gasteiger partial charge in [0.2, 0.25) is 0 Å². The molecule has 0 fully saturated rings. The van der Waals surface area contributed by atoms with Gasteiger partial charge in [-0.15, -0.1) is 0 Å². The van der Waals surface area contributed by atoms with Gasteiger partial charge in [0.05, 0.1) is 12.2 Å². The van der Waals surface area contributed by atoms with Crippen molar-refractivity contribution in [1.82, 2.24) is 0 Å². The third-order valence-corrected chi connectivity index (χ3v) is 4.14. The first-order valence-electron chi connectivity index (χ1n) is 7.40. The number of hydrogen-bond donors (Lipinski definition) is 0. The molecule has 6 heteroatoms. The predicted octanol–water partition coefficient (Wildman–Crippen LogP) is 3.49. The maximum atomic E-state index is 12.9. The minimum absolute atomic E-state index is 0.0125. The molecule has 120 valence electrons. The minimum atomic E-state index is -0.659. The molecule has 0 unspecified atom stereocenters. The van der Waals surface area contributed by atoms with E-state index in [0.29, 0.717) is 40.6 Å². The lowest BCUT2D eigenvalue weighted by atomic mass is 10.1. The van der Waals surface area contributed by atoms with Crippen molar-refractivity contribution in [1.29, 1.82) is 0 Å². The van der Waals surface area contributed by atoms with E-state index in [1.165, 1.54) is 4.90 Å². The van der Waals surface area contributed by atoms with Crippen molar-refractivity contribution in [2.24, 2.45) is 0 Å². The second-order valence-electron chi connectivity index (χ2n) is 5.40. The fourth-order valence-electron chi connectivity index (χ4n) is 2.76. The third-order valence-electron chi connectivity index (χ3n) is 3.90. The second kappa shape index (κ2) is 5.69. The Morgan fingerprint density at radius 1 is 1.12 bits per heavy atom. The molecular weight excluding hydrogens is 330 g/mol. The molecule has 1 amide bonds. The van der Waals surface area contributed by atoms with E-state index in [1.807, 2.05) is 6.07 Å². The number of benzene rings is 2. The molecule has 3 aromatic rings. The van der Waals surface area contributed by atoms with E-state index in [-0.39, 0.29) is 5.56 Å². The summed E-state index contributed by atoms with van der Waals surface area (Å²) in [6.45, 7) is 0.678. The average molecular weight is 342 g/mol. The van der Waals surface area contributed by atoms with Crippen molar-refractivity contribution in [2.75, 3.05) is 18.1 Å². The SMILES string of the molecule is O=C(c1cc2ccccc2oc1=O)N1CCOc2ccc(Cl)cc21. The number of hydrogen-bond acceptors (Lipinski definition) is 4. The van der Waals surface area contributed by atoms with E-state index in [4.69, 9.17) is 20.8 Å². The topological polar surface area (TPSA) is 59.8 Å². The van der Waals surface area contributed by atoms with Crippen LogP contribution in [0.3, 0.4) is 0 Å². The standard InChI is InChI=1S/C18H12ClNO4/c19-12-5-6-16-14(10-12)20(7-8-23-16)17(21)13-9-11-3-1-2-4-15(11)24-18(13)22/h1-6,9-10H,7-8H2. The van der Waals surface area contributed by atoms with E-state index in [2.05, 4.69) is 0 Å². The van der Waals surface area contributed by atoms with Crippen LogP contribution in [0, 0.1) is 0 Å². The molecule has 24 heavy (non-hydrogen) atoms. The quantitative estimate of drug-likeness (QED) is 0.636. The Kier molecular flexibility index (Phi) is 3.50. The number of para-hydroxylation sites is 1. The molecule has 5 nitrogen and oxygen atoms in total. The lowest BCUT2D eigenvalue weighted by Crippen LogP contribution is -2.39. The summed E-state index contributed by atoms with van der Waals surface area (Å²) in [6.07, 6.45) is 0. The van der Waals surface area contributed by atoms with Crippen molar-refractivity contribution in [3.8, 4) is 5.75 Å². The number of nitrogens with zero attached hydrogens (tertiary/aromatic N) is 1. The highest BCUT2D eigenvalue weighted by atomic mass is 35.5. The number of anilines is 1. The largest absolute Gasteiger partial charge is 0.490 e. The molecule has 0 spiro atoms. The Bertz CT molecular complexity index is 1010. The predicted molar refractivity (Wildman–Crippen MR) is 91.1 cm³/mol. The highest BCUT2D eigenvalue weighted by Gasteiger charge is 2.27. The van der Waals surface area contributed by atoms with Gasteiger partial charge < -0.3 is 14.1 Å². The zero-order valence-electron chi connectivity index (χ0n) is 12.5. The highest BCUT2D eigenvalue weighted by molar-refractivity contribution is 6.31. The highest BCUT2D eigenvalue weighted by Crippen LogP contribution is 2.34. The molecule has 0 saturated heterocycles. The fraction of sp³-hybridized carbons (Fsp3) is 0.111. The van der Waals surface area contributed by atoms with Gasteiger partial charge in [-0.2, -0.15) is 0 Å². The maximum Gasteiger partial charge on any atom is 0.349 e. The molecule has 2 heterocycles. The van der Waals surface area contributed by atoms with Crippen molar-refractivity contribution < 1.29 is 13.9 Å². The van der Waals surface area contributed by atoms with Crippen LogP contribution in [-0.2, 0) is 0 Å². The number of halogens is 1. The van der Waals surface area contributed by atoms with E-state index in [1.54, 1.807) is 42.5 Å². The molecule has 0 saturated carbocycles. The van der Waals surface area contributed by atoms with Crippen molar-refractivity contribution >= 4 is 34.2 Å². The molecule has 0 N–H and O–H groups in total. The number of carbonyl (C=O) groups is 1. The van der Waals surface area contributed by atoms with Gasteiger partial charge in [-0.3, -0.25) is 4.79 Å². The van der Waals surface area contributed by atoms with E-state index in [9.17, 15) is 9.59 Å². The Morgan fingerprint density at radius 2 is 1.96 bits per heavy atom. The lowest BCUT2D eigenvalue weighted by Gasteiger charge is -2.29. The first-order chi connectivity index (χ1) is 11.6. The summed E-state index contributed by atoms with van der Waals surface area (Å²) in [5, 5.41) is 1.18. The summed E-state index contributed by atoms with van der Waals surface area (Å²) >= 11 is 6.03. The van der Waals surface area contributed by atoms with E-state index in [0.717, 1.165) is 0 Å². The summed E-state index contributed by atoms with van der Waals surface area (Å²) < 4.78 is 10.8. The first kappa shape index (κ1) is 14.8. The molecule has 2 aromatic carbocycles. The summed E-state index contributed by atoms with van der Waals surface area (Å²) in [5.41, 5.74) is 0.325. The Hall–Kier alpha value is -2.79. The third kappa shape index (κ3) is 2.43. The first-order valence-corrected chi connectivity index (χ1v) is 7.78. The van der Waals surface area contributed by atoms with Gasteiger partial charge in [0.25, 0.3) is 5.91 Å². The molecule has 0 radical (unpaired) electrons. The van der Waals surface area contributed by atoms with Crippen LogP contribution < -0.4 is 15.3 Å². The number of carbonyl (C=O) groups excluding carboxylic acids is 1. The molecule has 0 aliphatic carbocycles. The summed E-state index contributed by atoms with van der Waals surface area (Å²) in [5.74, 6) is 0.130. The molecule has 4 rings (SSSR count). The number of ether oxygens (including phenoxy) is 1. The van der Waals surface area contributed by atoms with Crippen LogP contribution in [0.2, 0.25) is 5.02 Å². The molecule has 1 aliphatic heterocycles. The normalized spacial score (nSPS) is 13.5. The molecule has 0 atom stereocenters. The molecule has 1 aromatic heterocycles. The van der Waals surface area contributed by atoms with Gasteiger partial charge in [0.1, 0.15) is 23.5 Å². The van der Waals surface area contributed by atoms with Gasteiger partial charge in [-0.25, -0.2) is 4.79 Å². The zero-order chi connectivity index (χ0) is 16.7. The number of amides is 1. The zero-order valence-corrected chi connectivity index (χ0v) is 13.2.